The number of halogens is 1. The molecule has 2 aliphatic heterocycles. The Balaban J connectivity index is 1.46. The zero-order chi connectivity index (χ0) is 21.4. The molecule has 4 rings (SSSR count). The smallest absolute Gasteiger partial charge is 0.277 e. The van der Waals surface area contributed by atoms with Crippen LogP contribution in [0.25, 0.3) is 11.4 Å². The molecular weight excluding hydrogens is 414 g/mol. The number of carbonyl (C=O) groups excluding carboxylic acids is 4. The van der Waals surface area contributed by atoms with Gasteiger partial charge in [0.15, 0.2) is 0 Å². The summed E-state index contributed by atoms with van der Waals surface area (Å²) >= 11 is 5.87. The number of hydrogen-bond acceptors (Lipinski definition) is 8. The van der Waals surface area contributed by atoms with Gasteiger partial charge in [0.05, 0.1) is 6.54 Å². The molecular formula is C19H16ClN5O5. The molecule has 1 aromatic heterocycles. The third-order valence-corrected chi connectivity index (χ3v) is 5.06. The van der Waals surface area contributed by atoms with Crippen molar-refractivity contribution in [2.45, 2.75) is 25.4 Å². The maximum atomic E-state index is 12.8. The van der Waals surface area contributed by atoms with E-state index in [4.69, 9.17) is 16.1 Å². The number of aromatic nitrogens is 2. The summed E-state index contributed by atoms with van der Waals surface area (Å²) in [5.41, 5.74) is 0.809. The maximum Gasteiger partial charge on any atom is 0.277 e. The number of piperidine rings is 1. The molecule has 11 heteroatoms. The summed E-state index contributed by atoms with van der Waals surface area (Å²) in [6.45, 7) is 0.0780. The van der Waals surface area contributed by atoms with Crippen LogP contribution < -0.4 is 5.32 Å². The van der Waals surface area contributed by atoms with Gasteiger partial charge in [-0.2, -0.15) is 4.98 Å². The number of hydrogen-bond donors (Lipinski definition) is 1. The minimum Gasteiger partial charge on any atom is -0.361 e. The standard InChI is InChI=1S/C19H16ClN5O5/c1-24(9-15-22-17(23-30-15)10-2-4-11(20)5-3-10)13-8-16(27)25(19(13)29)12-6-7-14(26)21-18(12)28/h2-5,8,12H,6-7,9H2,1H3,(H,21,26,28). The largest absolute Gasteiger partial charge is 0.361 e. The normalized spacial score (nSPS) is 19.2. The van der Waals surface area contributed by atoms with Gasteiger partial charge >= 0.3 is 0 Å². The van der Waals surface area contributed by atoms with E-state index in [1.54, 1.807) is 31.3 Å². The van der Waals surface area contributed by atoms with E-state index >= 15 is 0 Å². The molecule has 2 aromatic rings. The van der Waals surface area contributed by atoms with E-state index in [9.17, 15) is 19.2 Å². The van der Waals surface area contributed by atoms with Crippen LogP contribution in [-0.4, -0.2) is 56.7 Å². The summed E-state index contributed by atoms with van der Waals surface area (Å²) in [4.78, 5) is 55.2. The van der Waals surface area contributed by atoms with Crippen molar-refractivity contribution < 1.29 is 23.7 Å². The van der Waals surface area contributed by atoms with Crippen molar-refractivity contribution in [1.29, 1.82) is 0 Å². The number of imide groups is 2. The highest BCUT2D eigenvalue weighted by Crippen LogP contribution is 2.24. The fraction of sp³-hybridized carbons (Fsp3) is 0.263. The molecule has 1 unspecified atom stereocenters. The average molecular weight is 430 g/mol. The molecule has 4 amide bonds. The van der Waals surface area contributed by atoms with Gasteiger partial charge in [0.1, 0.15) is 11.7 Å². The van der Waals surface area contributed by atoms with E-state index in [1.165, 1.54) is 4.90 Å². The van der Waals surface area contributed by atoms with E-state index in [-0.39, 0.29) is 31.0 Å². The van der Waals surface area contributed by atoms with Crippen molar-refractivity contribution >= 4 is 35.2 Å². The molecule has 30 heavy (non-hydrogen) atoms. The minimum absolute atomic E-state index is 0.0636. The third-order valence-electron chi connectivity index (χ3n) is 4.81. The van der Waals surface area contributed by atoms with Crippen LogP contribution in [0.2, 0.25) is 5.02 Å². The third kappa shape index (κ3) is 3.69. The Bertz CT molecular complexity index is 1080. The van der Waals surface area contributed by atoms with Crippen molar-refractivity contribution in [2.75, 3.05) is 7.05 Å². The fourth-order valence-corrected chi connectivity index (χ4v) is 3.42. The van der Waals surface area contributed by atoms with Gasteiger partial charge in [-0.25, -0.2) is 0 Å². The van der Waals surface area contributed by atoms with Gasteiger partial charge < -0.3 is 9.42 Å². The summed E-state index contributed by atoms with van der Waals surface area (Å²) in [5.74, 6) is -1.70. The van der Waals surface area contributed by atoms with E-state index in [0.29, 0.717) is 16.4 Å². The van der Waals surface area contributed by atoms with Crippen molar-refractivity contribution in [3.8, 4) is 11.4 Å². The molecule has 3 heterocycles. The molecule has 0 aliphatic carbocycles. The quantitative estimate of drug-likeness (QED) is 0.694. The van der Waals surface area contributed by atoms with Gasteiger partial charge in [0.25, 0.3) is 11.8 Å². The number of benzene rings is 1. The highest BCUT2D eigenvalue weighted by atomic mass is 35.5. The minimum atomic E-state index is -1.01. The van der Waals surface area contributed by atoms with E-state index in [1.807, 2.05) is 0 Å². The van der Waals surface area contributed by atoms with Gasteiger partial charge in [0, 0.05) is 30.1 Å². The number of amides is 4. The second-order valence-corrected chi connectivity index (χ2v) is 7.32. The van der Waals surface area contributed by atoms with Crippen LogP contribution >= 0.6 is 11.6 Å². The molecule has 0 spiro atoms. The summed E-state index contributed by atoms with van der Waals surface area (Å²) in [6, 6.07) is 5.90. The summed E-state index contributed by atoms with van der Waals surface area (Å²) in [6.07, 6.45) is 1.32. The zero-order valence-corrected chi connectivity index (χ0v) is 16.5. The molecule has 1 atom stereocenters. The van der Waals surface area contributed by atoms with Crippen LogP contribution in [0.3, 0.4) is 0 Å². The van der Waals surface area contributed by atoms with Crippen molar-refractivity contribution in [2.24, 2.45) is 0 Å². The van der Waals surface area contributed by atoms with Gasteiger partial charge in [-0.05, 0) is 30.7 Å². The average Bonchev–Trinajstić information content (AvgIpc) is 3.27. The number of likely N-dealkylation sites (N-methyl/N-ethyl adjacent to an activating group) is 1. The molecule has 1 aromatic carbocycles. The van der Waals surface area contributed by atoms with Crippen LogP contribution in [0.15, 0.2) is 40.6 Å². The molecule has 1 N–H and O–H groups in total. The highest BCUT2D eigenvalue weighted by Gasteiger charge is 2.43. The molecule has 154 valence electrons. The lowest BCUT2D eigenvalue weighted by molar-refractivity contribution is -0.150. The molecule has 0 bridgehead atoms. The van der Waals surface area contributed by atoms with Gasteiger partial charge in [-0.1, -0.05) is 16.8 Å². The van der Waals surface area contributed by atoms with E-state index < -0.39 is 29.7 Å². The van der Waals surface area contributed by atoms with Crippen molar-refractivity contribution in [3.05, 3.63) is 47.0 Å². The number of rotatable bonds is 5. The SMILES string of the molecule is CN(Cc1nc(-c2ccc(Cl)cc2)no1)C1=CC(=O)N(C2CCC(=O)NC2=O)C1=O. The van der Waals surface area contributed by atoms with E-state index in [2.05, 4.69) is 15.5 Å². The molecule has 0 saturated carbocycles. The molecule has 2 aliphatic rings. The Kier molecular flexibility index (Phi) is 5.08. The second-order valence-electron chi connectivity index (χ2n) is 6.88. The molecule has 1 fully saturated rings. The fourth-order valence-electron chi connectivity index (χ4n) is 3.29. The lowest BCUT2D eigenvalue weighted by Gasteiger charge is -2.29. The Morgan fingerprint density at radius 1 is 1.23 bits per heavy atom. The van der Waals surface area contributed by atoms with Crippen LogP contribution in [0.1, 0.15) is 18.7 Å². The van der Waals surface area contributed by atoms with Crippen molar-refractivity contribution in [1.82, 2.24) is 25.3 Å². The van der Waals surface area contributed by atoms with Crippen LogP contribution in [-0.2, 0) is 25.7 Å². The maximum absolute atomic E-state index is 12.8. The monoisotopic (exact) mass is 429 g/mol. The first-order valence-electron chi connectivity index (χ1n) is 9.06. The summed E-state index contributed by atoms with van der Waals surface area (Å²) in [5, 5.41) is 6.65. The Morgan fingerprint density at radius 2 is 1.97 bits per heavy atom. The number of nitrogens with one attached hydrogen (secondary N) is 1. The number of nitrogens with zero attached hydrogens (tertiary/aromatic N) is 4. The lowest BCUT2D eigenvalue weighted by Crippen LogP contribution is -2.54. The lowest BCUT2D eigenvalue weighted by atomic mass is 10.0. The highest BCUT2D eigenvalue weighted by molar-refractivity contribution is 6.30. The first-order valence-corrected chi connectivity index (χ1v) is 9.44. The number of carbonyl (C=O) groups is 4. The Morgan fingerprint density at radius 3 is 2.67 bits per heavy atom. The first-order chi connectivity index (χ1) is 14.3. The topological polar surface area (TPSA) is 126 Å². The van der Waals surface area contributed by atoms with Gasteiger partial charge in [0.2, 0.25) is 23.5 Å². The summed E-state index contributed by atoms with van der Waals surface area (Å²) < 4.78 is 5.24. The zero-order valence-electron chi connectivity index (χ0n) is 15.8. The predicted octanol–water partition coefficient (Wildman–Crippen LogP) is 0.880. The van der Waals surface area contributed by atoms with Crippen LogP contribution in [0.4, 0.5) is 0 Å². The Labute approximate surface area is 175 Å². The molecule has 10 nitrogen and oxygen atoms in total. The van der Waals surface area contributed by atoms with E-state index in [0.717, 1.165) is 11.0 Å². The van der Waals surface area contributed by atoms with Gasteiger partial charge in [-0.15, -0.1) is 0 Å². The van der Waals surface area contributed by atoms with Crippen LogP contribution in [0, 0.1) is 0 Å². The Hall–Kier alpha value is -3.53. The second kappa shape index (κ2) is 7.71. The summed E-state index contributed by atoms with van der Waals surface area (Å²) in [7, 11) is 1.59. The van der Waals surface area contributed by atoms with Gasteiger partial charge in [-0.3, -0.25) is 29.4 Å². The van der Waals surface area contributed by atoms with Crippen LogP contribution in [0.5, 0.6) is 0 Å². The molecule has 1 saturated heterocycles. The first kappa shape index (κ1) is 19.8. The van der Waals surface area contributed by atoms with Crippen molar-refractivity contribution in [3.63, 3.8) is 0 Å². The molecule has 0 radical (unpaired) electrons. The predicted molar refractivity (Wildman–Crippen MR) is 102 cm³/mol.